The first-order valence-electron chi connectivity index (χ1n) is 15.4. The number of carbonyl (C=O) groups is 3. The fraction of sp³-hybridized carbons (Fsp3) is 0.333. The molecule has 0 saturated carbocycles. The number of para-hydroxylation sites is 1. The fourth-order valence-electron chi connectivity index (χ4n) is 4.65. The molecule has 1 heterocycles. The van der Waals surface area contributed by atoms with Gasteiger partial charge >= 0.3 is 6.09 Å². The topological polar surface area (TPSA) is 125 Å². The zero-order chi connectivity index (χ0) is 33.1. The first kappa shape index (κ1) is 33.8. The normalized spacial score (nSPS) is 11.1. The van der Waals surface area contributed by atoms with Gasteiger partial charge in [0.05, 0.1) is 25.3 Å². The maximum absolute atomic E-state index is 12.9. The highest BCUT2D eigenvalue weighted by Gasteiger charge is 2.17. The van der Waals surface area contributed by atoms with E-state index in [2.05, 4.69) is 15.6 Å². The van der Waals surface area contributed by atoms with E-state index in [1.807, 2.05) is 68.4 Å². The van der Waals surface area contributed by atoms with Crippen molar-refractivity contribution in [3.63, 3.8) is 0 Å². The highest BCUT2D eigenvalue weighted by atomic mass is 16.6. The van der Waals surface area contributed by atoms with Crippen molar-refractivity contribution in [3.8, 4) is 28.4 Å². The van der Waals surface area contributed by atoms with Crippen LogP contribution < -0.4 is 24.8 Å². The smallest absolute Gasteiger partial charge is 0.407 e. The number of fused-ring (bicyclic) bond motifs is 1. The average Bonchev–Trinajstić information content (AvgIpc) is 3.02. The summed E-state index contributed by atoms with van der Waals surface area (Å²) in [6.07, 6.45) is -0.468. The summed E-state index contributed by atoms with van der Waals surface area (Å²) in [7, 11) is 0. The summed E-state index contributed by atoms with van der Waals surface area (Å²) >= 11 is 0. The standard InChI is InChI=1S/C36H41N3O7/c1-6-43-31-18-14-25(22-32(31)44-7-2)30(40)17-19-34(41)39-33-23-28(27-10-8-9-11-29(27)38-33)24-12-15-26(16-13-24)45-21-20-37-35(42)46-36(3,4)5/h8-16,18,22-23H,6-7,17,19-21H2,1-5H3,(H,37,42)(H,38,39,41). The number of anilines is 1. The number of hydrogen-bond donors (Lipinski definition) is 2. The van der Waals surface area contributed by atoms with Gasteiger partial charge in [0.25, 0.3) is 0 Å². The number of pyridine rings is 1. The molecule has 242 valence electrons. The monoisotopic (exact) mass is 627 g/mol. The molecule has 4 rings (SSSR count). The average molecular weight is 628 g/mol. The van der Waals surface area contributed by atoms with Crippen molar-refractivity contribution in [3.05, 3.63) is 78.4 Å². The van der Waals surface area contributed by atoms with Crippen molar-refractivity contribution >= 4 is 34.5 Å². The number of nitrogens with zero attached hydrogens (tertiary/aromatic N) is 1. The van der Waals surface area contributed by atoms with Crippen molar-refractivity contribution in [2.75, 3.05) is 31.7 Å². The lowest BCUT2D eigenvalue weighted by Crippen LogP contribution is -2.34. The van der Waals surface area contributed by atoms with Crippen molar-refractivity contribution in [1.29, 1.82) is 0 Å². The Morgan fingerprint density at radius 2 is 1.52 bits per heavy atom. The van der Waals surface area contributed by atoms with Gasteiger partial charge in [-0.15, -0.1) is 0 Å². The number of rotatable bonds is 14. The largest absolute Gasteiger partial charge is 0.492 e. The van der Waals surface area contributed by atoms with Crippen LogP contribution in [-0.4, -0.2) is 54.7 Å². The summed E-state index contributed by atoms with van der Waals surface area (Å²) in [5.74, 6) is 1.62. The maximum atomic E-state index is 12.9. The van der Waals surface area contributed by atoms with E-state index in [4.69, 9.17) is 18.9 Å². The van der Waals surface area contributed by atoms with E-state index in [0.717, 1.165) is 22.0 Å². The van der Waals surface area contributed by atoms with Crippen LogP contribution in [0.15, 0.2) is 72.8 Å². The van der Waals surface area contributed by atoms with Crippen LogP contribution in [0.5, 0.6) is 17.2 Å². The van der Waals surface area contributed by atoms with Gasteiger partial charge in [0, 0.05) is 23.8 Å². The Morgan fingerprint density at radius 1 is 0.804 bits per heavy atom. The predicted octanol–water partition coefficient (Wildman–Crippen LogP) is 7.20. The SMILES string of the molecule is CCOc1ccc(C(=O)CCC(=O)Nc2cc(-c3ccc(OCCNC(=O)OC(C)(C)C)cc3)c3ccccc3n2)cc1OCC. The Labute approximate surface area is 269 Å². The molecule has 10 heteroatoms. The Hall–Kier alpha value is -5.12. The number of hydrogen-bond acceptors (Lipinski definition) is 8. The van der Waals surface area contributed by atoms with E-state index in [9.17, 15) is 14.4 Å². The molecule has 0 aliphatic rings. The molecule has 2 amide bonds. The van der Waals surface area contributed by atoms with Gasteiger partial charge in [-0.3, -0.25) is 9.59 Å². The molecule has 1 aromatic heterocycles. The van der Waals surface area contributed by atoms with E-state index in [-0.39, 0.29) is 31.1 Å². The molecule has 0 aliphatic carbocycles. The van der Waals surface area contributed by atoms with Crippen LogP contribution in [0.2, 0.25) is 0 Å². The number of alkyl carbamates (subject to hydrolysis) is 1. The van der Waals surface area contributed by atoms with Crippen molar-refractivity contribution < 1.29 is 33.3 Å². The highest BCUT2D eigenvalue weighted by molar-refractivity contribution is 6.02. The Morgan fingerprint density at radius 3 is 2.24 bits per heavy atom. The minimum Gasteiger partial charge on any atom is -0.492 e. The van der Waals surface area contributed by atoms with E-state index >= 15 is 0 Å². The van der Waals surface area contributed by atoms with Gasteiger partial charge in [-0.25, -0.2) is 9.78 Å². The number of carbonyl (C=O) groups excluding carboxylic acids is 3. The van der Waals surface area contributed by atoms with Gasteiger partial charge in [-0.2, -0.15) is 0 Å². The van der Waals surface area contributed by atoms with Crippen LogP contribution in [0.4, 0.5) is 10.6 Å². The Balaban J connectivity index is 1.39. The number of Topliss-reactive ketones (excluding diaryl/α,β-unsaturated/α-hetero) is 1. The number of ether oxygens (including phenoxy) is 4. The highest BCUT2D eigenvalue weighted by Crippen LogP contribution is 2.32. The van der Waals surface area contributed by atoms with Gasteiger partial charge in [-0.1, -0.05) is 30.3 Å². The number of amides is 2. The van der Waals surface area contributed by atoms with Crippen LogP contribution in [0.25, 0.3) is 22.0 Å². The van der Waals surface area contributed by atoms with Crippen molar-refractivity contribution in [1.82, 2.24) is 10.3 Å². The van der Waals surface area contributed by atoms with E-state index < -0.39 is 11.7 Å². The Bertz CT molecular complexity index is 1660. The molecule has 0 radical (unpaired) electrons. The fourth-order valence-corrected chi connectivity index (χ4v) is 4.65. The van der Waals surface area contributed by atoms with Crippen LogP contribution in [-0.2, 0) is 9.53 Å². The van der Waals surface area contributed by atoms with E-state index in [1.54, 1.807) is 39.0 Å². The summed E-state index contributed by atoms with van der Waals surface area (Å²) in [6.45, 7) is 10.7. The molecule has 3 aromatic carbocycles. The molecule has 0 spiro atoms. The lowest BCUT2D eigenvalue weighted by molar-refractivity contribution is -0.116. The van der Waals surface area contributed by atoms with Crippen molar-refractivity contribution in [2.45, 2.75) is 53.1 Å². The van der Waals surface area contributed by atoms with Crippen molar-refractivity contribution in [2.24, 2.45) is 0 Å². The first-order chi connectivity index (χ1) is 22.1. The molecule has 0 saturated heterocycles. The summed E-state index contributed by atoms with van der Waals surface area (Å²) in [6, 6.07) is 22.1. The summed E-state index contributed by atoms with van der Waals surface area (Å²) in [5.41, 5.74) is 2.40. The molecule has 0 fully saturated rings. The number of aromatic nitrogens is 1. The molecular formula is C36H41N3O7. The second-order valence-corrected chi connectivity index (χ2v) is 11.4. The number of ketones is 1. The summed E-state index contributed by atoms with van der Waals surface area (Å²) in [5, 5.41) is 6.45. The summed E-state index contributed by atoms with van der Waals surface area (Å²) in [4.78, 5) is 42.3. The minimum atomic E-state index is -0.564. The van der Waals surface area contributed by atoms with E-state index in [0.29, 0.717) is 48.4 Å². The third-order valence-electron chi connectivity index (χ3n) is 6.63. The van der Waals surface area contributed by atoms with E-state index in [1.165, 1.54) is 0 Å². The molecule has 2 N–H and O–H groups in total. The van der Waals surface area contributed by atoms with Crippen LogP contribution in [0.1, 0.15) is 57.8 Å². The number of benzene rings is 3. The van der Waals surface area contributed by atoms with Gasteiger partial charge in [0.1, 0.15) is 23.8 Å². The van der Waals surface area contributed by atoms with Crippen LogP contribution >= 0.6 is 0 Å². The molecule has 4 aromatic rings. The molecule has 10 nitrogen and oxygen atoms in total. The van der Waals surface area contributed by atoms with Gasteiger partial charge < -0.3 is 29.6 Å². The molecule has 0 atom stereocenters. The first-order valence-corrected chi connectivity index (χ1v) is 15.4. The zero-order valence-electron chi connectivity index (χ0n) is 27.0. The van der Waals surface area contributed by atoms with Crippen LogP contribution in [0, 0.1) is 0 Å². The third kappa shape index (κ3) is 9.69. The third-order valence-corrected chi connectivity index (χ3v) is 6.63. The minimum absolute atomic E-state index is 0.00528. The molecule has 0 aliphatic heterocycles. The number of nitrogens with one attached hydrogen (secondary N) is 2. The molecule has 0 unspecified atom stereocenters. The van der Waals surface area contributed by atoms with Gasteiger partial charge in [-0.05, 0) is 88.2 Å². The summed E-state index contributed by atoms with van der Waals surface area (Å²) < 4.78 is 22.2. The second kappa shape index (κ2) is 15.7. The quantitative estimate of drug-likeness (QED) is 0.111. The molecule has 46 heavy (non-hydrogen) atoms. The zero-order valence-corrected chi connectivity index (χ0v) is 27.0. The predicted molar refractivity (Wildman–Crippen MR) is 178 cm³/mol. The molecular weight excluding hydrogens is 586 g/mol. The van der Waals surface area contributed by atoms with Crippen LogP contribution in [0.3, 0.4) is 0 Å². The lowest BCUT2D eigenvalue weighted by Gasteiger charge is -2.19. The second-order valence-electron chi connectivity index (χ2n) is 11.4. The lowest BCUT2D eigenvalue weighted by atomic mass is 10.0. The van der Waals surface area contributed by atoms with Gasteiger partial charge in [0.15, 0.2) is 17.3 Å². The maximum Gasteiger partial charge on any atom is 0.407 e. The Kier molecular flexibility index (Phi) is 11.6. The molecule has 0 bridgehead atoms. The van der Waals surface area contributed by atoms with Gasteiger partial charge in [0.2, 0.25) is 5.91 Å².